The van der Waals surface area contributed by atoms with Crippen LogP contribution < -0.4 is 0 Å². The van der Waals surface area contributed by atoms with Crippen LogP contribution in [0.15, 0.2) is 104 Å². The number of carbonyl (C=O) groups is 1. The molecule has 38 heavy (non-hydrogen) atoms. The van der Waals surface area contributed by atoms with E-state index in [0.717, 1.165) is 41.0 Å². The lowest BCUT2D eigenvalue weighted by Crippen LogP contribution is -2.15. The number of fused-ring (bicyclic) bond motifs is 1. The molecular weight excluding hydrogens is 468 g/mol. The molecule has 1 N–H and O–H groups in total. The monoisotopic (exact) mass is 500 g/mol. The largest absolute Gasteiger partial charge is 0.478 e. The minimum atomic E-state index is -0.914. The first-order valence-corrected chi connectivity index (χ1v) is 12.8. The van der Waals surface area contributed by atoms with Crippen molar-refractivity contribution in [2.75, 3.05) is 7.05 Å². The first kappa shape index (κ1) is 25.1. The molecule has 4 nitrogen and oxygen atoms in total. The van der Waals surface area contributed by atoms with Crippen molar-refractivity contribution in [1.29, 1.82) is 0 Å². The fourth-order valence-electron chi connectivity index (χ4n) is 5.10. The van der Waals surface area contributed by atoms with Crippen LogP contribution in [0.4, 0.5) is 0 Å². The van der Waals surface area contributed by atoms with Crippen molar-refractivity contribution in [2.24, 2.45) is 0 Å². The number of aryl methyl sites for hydroxylation is 1. The minimum Gasteiger partial charge on any atom is -0.478 e. The summed E-state index contributed by atoms with van der Waals surface area (Å²) in [6, 6.07) is 32.4. The number of hydrogen-bond acceptors (Lipinski definition) is 2. The van der Waals surface area contributed by atoms with E-state index in [4.69, 9.17) is 0 Å². The Hall–Kier alpha value is -4.57. The van der Waals surface area contributed by atoms with Gasteiger partial charge in [0.1, 0.15) is 0 Å². The molecule has 0 spiro atoms. The van der Waals surface area contributed by atoms with E-state index in [-0.39, 0.29) is 0 Å². The summed E-state index contributed by atoms with van der Waals surface area (Å²) >= 11 is 0. The standard InChI is InChI=1S/C34H32N2O2/c1-23-24(2)36(22-27-14-16-28(17-15-27)30-12-8-9-13-31(30)34(37)38)33-19-18-29(20-32(23)33)25(3)35(4)21-26-10-6-5-7-11-26/h5-20H,3,21-22H2,1-2,4H3,(H,37,38). The number of nitrogens with zero attached hydrogens (tertiary/aromatic N) is 2. The molecule has 0 aliphatic heterocycles. The van der Waals surface area contributed by atoms with Crippen molar-refractivity contribution in [1.82, 2.24) is 9.47 Å². The van der Waals surface area contributed by atoms with Gasteiger partial charge in [-0.25, -0.2) is 4.79 Å². The van der Waals surface area contributed by atoms with Crippen molar-refractivity contribution >= 4 is 22.6 Å². The predicted molar refractivity (Wildman–Crippen MR) is 156 cm³/mol. The first-order chi connectivity index (χ1) is 18.3. The topological polar surface area (TPSA) is 45.5 Å². The van der Waals surface area contributed by atoms with Gasteiger partial charge in [-0.3, -0.25) is 0 Å². The lowest BCUT2D eigenvalue weighted by atomic mass is 9.99. The Labute approximate surface area is 224 Å². The zero-order valence-corrected chi connectivity index (χ0v) is 22.1. The highest BCUT2D eigenvalue weighted by Crippen LogP contribution is 2.31. The van der Waals surface area contributed by atoms with Crippen LogP contribution in [0.25, 0.3) is 27.7 Å². The lowest BCUT2D eigenvalue weighted by molar-refractivity contribution is 0.0697. The molecule has 0 fully saturated rings. The maximum Gasteiger partial charge on any atom is 0.336 e. The zero-order chi connectivity index (χ0) is 26.8. The van der Waals surface area contributed by atoms with E-state index in [1.807, 2.05) is 30.3 Å². The van der Waals surface area contributed by atoms with Crippen LogP contribution in [-0.4, -0.2) is 27.6 Å². The van der Waals surface area contributed by atoms with Gasteiger partial charge in [0.15, 0.2) is 0 Å². The van der Waals surface area contributed by atoms with Gasteiger partial charge < -0.3 is 14.6 Å². The fourth-order valence-corrected chi connectivity index (χ4v) is 5.10. The molecule has 5 aromatic rings. The van der Waals surface area contributed by atoms with E-state index in [9.17, 15) is 9.90 Å². The number of carboxylic acids is 1. The van der Waals surface area contributed by atoms with Crippen molar-refractivity contribution < 1.29 is 9.90 Å². The third-order valence-electron chi connectivity index (χ3n) is 7.46. The molecule has 0 aliphatic rings. The van der Waals surface area contributed by atoms with Gasteiger partial charge in [-0.05, 0) is 65.4 Å². The van der Waals surface area contributed by atoms with E-state index in [1.165, 1.54) is 27.7 Å². The van der Waals surface area contributed by atoms with Crippen LogP contribution in [-0.2, 0) is 13.1 Å². The minimum absolute atomic E-state index is 0.315. The van der Waals surface area contributed by atoms with Crippen LogP contribution in [0.5, 0.6) is 0 Å². The van der Waals surface area contributed by atoms with Gasteiger partial charge in [-0.2, -0.15) is 0 Å². The molecule has 1 aromatic heterocycles. The highest BCUT2D eigenvalue weighted by atomic mass is 16.4. The maximum atomic E-state index is 11.6. The summed E-state index contributed by atoms with van der Waals surface area (Å²) in [5.41, 5.74) is 10.2. The number of aromatic nitrogens is 1. The molecule has 4 heteroatoms. The Morgan fingerprint density at radius 2 is 1.55 bits per heavy atom. The average Bonchev–Trinajstić information content (AvgIpc) is 3.17. The average molecular weight is 501 g/mol. The summed E-state index contributed by atoms with van der Waals surface area (Å²) in [5.74, 6) is -0.914. The van der Waals surface area contributed by atoms with Crippen LogP contribution in [0, 0.1) is 13.8 Å². The van der Waals surface area contributed by atoms with Gasteiger partial charge in [0.25, 0.3) is 0 Å². The Morgan fingerprint density at radius 1 is 0.868 bits per heavy atom. The highest BCUT2D eigenvalue weighted by molar-refractivity contribution is 5.96. The summed E-state index contributed by atoms with van der Waals surface area (Å²) in [6.07, 6.45) is 0. The van der Waals surface area contributed by atoms with E-state index < -0.39 is 5.97 Å². The number of rotatable bonds is 8. The van der Waals surface area contributed by atoms with Gasteiger partial charge in [0.2, 0.25) is 0 Å². The summed E-state index contributed by atoms with van der Waals surface area (Å²) in [5, 5.41) is 10.8. The quantitative estimate of drug-likeness (QED) is 0.237. The second-order valence-electron chi connectivity index (χ2n) is 9.86. The zero-order valence-electron chi connectivity index (χ0n) is 22.1. The molecule has 0 bridgehead atoms. The first-order valence-electron chi connectivity index (χ1n) is 12.8. The lowest BCUT2D eigenvalue weighted by Gasteiger charge is -2.22. The summed E-state index contributed by atoms with van der Waals surface area (Å²) in [7, 11) is 2.08. The van der Waals surface area contributed by atoms with E-state index >= 15 is 0 Å². The maximum absolute atomic E-state index is 11.6. The van der Waals surface area contributed by atoms with Crippen LogP contribution in [0.1, 0.15) is 38.3 Å². The SMILES string of the molecule is C=C(c1ccc2c(c1)c(C)c(C)n2Cc1ccc(-c2ccccc2C(=O)O)cc1)N(C)Cc1ccccc1. The molecule has 0 saturated carbocycles. The number of hydrogen-bond donors (Lipinski definition) is 1. The van der Waals surface area contributed by atoms with Crippen LogP contribution >= 0.6 is 0 Å². The second kappa shape index (κ2) is 10.4. The molecule has 4 aromatic carbocycles. The molecule has 0 radical (unpaired) electrons. The molecule has 0 atom stereocenters. The van der Waals surface area contributed by atoms with Crippen LogP contribution in [0.2, 0.25) is 0 Å². The molecule has 1 heterocycles. The number of carboxylic acid groups (broad SMARTS) is 1. The fraction of sp³-hybridized carbons (Fsp3) is 0.147. The van der Waals surface area contributed by atoms with Crippen molar-refractivity contribution in [3.63, 3.8) is 0 Å². The van der Waals surface area contributed by atoms with E-state index in [1.54, 1.807) is 12.1 Å². The Kier molecular flexibility index (Phi) is 6.89. The predicted octanol–water partition coefficient (Wildman–Crippen LogP) is 7.77. The van der Waals surface area contributed by atoms with E-state index in [2.05, 4.69) is 91.5 Å². The summed E-state index contributed by atoms with van der Waals surface area (Å²) < 4.78 is 2.35. The van der Waals surface area contributed by atoms with E-state index in [0.29, 0.717) is 5.56 Å². The summed E-state index contributed by atoms with van der Waals surface area (Å²) in [4.78, 5) is 13.8. The third-order valence-corrected chi connectivity index (χ3v) is 7.46. The normalized spacial score (nSPS) is 11.0. The highest BCUT2D eigenvalue weighted by Gasteiger charge is 2.15. The van der Waals surface area contributed by atoms with Crippen molar-refractivity contribution in [2.45, 2.75) is 26.9 Å². The Morgan fingerprint density at radius 3 is 2.26 bits per heavy atom. The Bertz CT molecular complexity index is 1630. The molecule has 190 valence electrons. The molecule has 5 rings (SSSR count). The molecular formula is C34H32N2O2. The van der Waals surface area contributed by atoms with Gasteiger partial charge in [-0.1, -0.05) is 85.4 Å². The molecule has 0 aliphatic carbocycles. The second-order valence-corrected chi connectivity index (χ2v) is 9.86. The number of aromatic carboxylic acids is 1. The van der Waals surface area contributed by atoms with Gasteiger partial charge >= 0.3 is 5.97 Å². The van der Waals surface area contributed by atoms with Gasteiger partial charge in [0.05, 0.1) is 5.56 Å². The molecule has 0 amide bonds. The van der Waals surface area contributed by atoms with Gasteiger partial charge in [0, 0.05) is 42.4 Å². The van der Waals surface area contributed by atoms with Crippen LogP contribution in [0.3, 0.4) is 0 Å². The third kappa shape index (κ3) is 4.85. The molecule has 0 unspecified atom stereocenters. The smallest absolute Gasteiger partial charge is 0.336 e. The molecule has 0 saturated heterocycles. The van der Waals surface area contributed by atoms with Gasteiger partial charge in [-0.15, -0.1) is 0 Å². The van der Waals surface area contributed by atoms with Crippen molar-refractivity contribution in [3.8, 4) is 11.1 Å². The number of benzene rings is 4. The van der Waals surface area contributed by atoms with Crippen molar-refractivity contribution in [3.05, 3.63) is 137 Å². The summed E-state index contributed by atoms with van der Waals surface area (Å²) in [6.45, 7) is 10.3. The Balaban J connectivity index is 1.40.